The van der Waals surface area contributed by atoms with Crippen LogP contribution >= 0.6 is 0 Å². The fraction of sp³-hybridized carbons (Fsp3) is 0.500. The Bertz CT molecular complexity index is 580. The quantitative estimate of drug-likeness (QED) is 0.795. The van der Waals surface area contributed by atoms with Gasteiger partial charge in [-0.15, -0.1) is 0 Å². The van der Waals surface area contributed by atoms with Gasteiger partial charge in [0.2, 0.25) is 5.91 Å². The molecule has 3 amide bonds. The third-order valence-corrected chi connectivity index (χ3v) is 3.89. The van der Waals surface area contributed by atoms with Crippen LogP contribution < -0.4 is 16.0 Å². The lowest BCUT2D eigenvalue weighted by Crippen LogP contribution is -2.49. The molecule has 3 N–H and O–H groups in total. The molecule has 2 unspecified atom stereocenters. The van der Waals surface area contributed by atoms with Crippen LogP contribution in [-0.4, -0.2) is 24.5 Å². The van der Waals surface area contributed by atoms with Gasteiger partial charge in [0.05, 0.1) is 6.04 Å². The number of hydrogen-bond acceptors (Lipinski definition) is 2. The predicted octanol–water partition coefficient (Wildman–Crippen LogP) is 2.38. The van der Waals surface area contributed by atoms with Gasteiger partial charge in [0, 0.05) is 12.1 Å². The molecule has 0 saturated carbocycles. The van der Waals surface area contributed by atoms with Gasteiger partial charge < -0.3 is 16.0 Å². The summed E-state index contributed by atoms with van der Waals surface area (Å²) in [5.74, 6) is -1.36. The molecular formula is C16H21F2N3O2. The Morgan fingerprint density at radius 2 is 2.17 bits per heavy atom. The number of carbonyl (C=O) groups excluding carboxylic acids is 2. The van der Waals surface area contributed by atoms with E-state index >= 15 is 0 Å². The second kappa shape index (κ2) is 7.89. The summed E-state index contributed by atoms with van der Waals surface area (Å²) >= 11 is 0. The first kappa shape index (κ1) is 17.2. The Hall–Kier alpha value is -2.18. The Morgan fingerprint density at radius 1 is 1.39 bits per heavy atom. The zero-order valence-electron chi connectivity index (χ0n) is 13.0. The van der Waals surface area contributed by atoms with Crippen LogP contribution in [0.1, 0.15) is 44.2 Å². The van der Waals surface area contributed by atoms with E-state index in [9.17, 15) is 18.4 Å². The van der Waals surface area contributed by atoms with Crippen LogP contribution in [0.2, 0.25) is 0 Å². The van der Waals surface area contributed by atoms with Gasteiger partial charge in [0.15, 0.2) is 0 Å². The van der Waals surface area contributed by atoms with E-state index in [-0.39, 0.29) is 11.5 Å². The fourth-order valence-electron chi connectivity index (χ4n) is 2.62. The third-order valence-electron chi connectivity index (χ3n) is 3.89. The Balaban J connectivity index is 2.02. The average Bonchev–Trinajstić information content (AvgIpc) is 2.72. The van der Waals surface area contributed by atoms with Gasteiger partial charge in [-0.1, -0.05) is 6.92 Å². The van der Waals surface area contributed by atoms with Crippen molar-refractivity contribution in [3.63, 3.8) is 0 Å². The maximum absolute atomic E-state index is 13.8. The summed E-state index contributed by atoms with van der Waals surface area (Å²) in [5.41, 5.74) is 0.0907. The molecule has 0 spiro atoms. The van der Waals surface area contributed by atoms with Gasteiger partial charge >= 0.3 is 6.03 Å². The Kier molecular flexibility index (Phi) is 5.90. The highest BCUT2D eigenvalue weighted by Gasteiger charge is 2.24. The molecule has 1 aliphatic heterocycles. The first-order valence-corrected chi connectivity index (χ1v) is 7.81. The molecule has 23 heavy (non-hydrogen) atoms. The lowest BCUT2D eigenvalue weighted by molar-refractivity contribution is -0.122. The van der Waals surface area contributed by atoms with E-state index in [2.05, 4.69) is 16.0 Å². The molecule has 126 valence electrons. The van der Waals surface area contributed by atoms with E-state index < -0.39 is 29.7 Å². The molecule has 1 aromatic carbocycles. The van der Waals surface area contributed by atoms with Crippen molar-refractivity contribution in [2.75, 3.05) is 6.54 Å². The van der Waals surface area contributed by atoms with Crippen LogP contribution in [-0.2, 0) is 4.79 Å². The smallest absolute Gasteiger partial charge is 0.315 e. The number of benzene rings is 1. The number of hydrogen-bond donors (Lipinski definition) is 3. The van der Waals surface area contributed by atoms with E-state index in [1.54, 1.807) is 6.92 Å². The largest absolute Gasteiger partial charge is 0.354 e. The summed E-state index contributed by atoms with van der Waals surface area (Å²) in [6.45, 7) is 2.36. The number of urea groups is 1. The van der Waals surface area contributed by atoms with Crippen molar-refractivity contribution in [3.8, 4) is 0 Å². The summed E-state index contributed by atoms with van der Waals surface area (Å²) in [6.07, 6.45) is 2.66. The summed E-state index contributed by atoms with van der Waals surface area (Å²) < 4.78 is 27.1. The molecule has 1 aliphatic rings. The molecule has 5 nitrogen and oxygen atoms in total. The van der Waals surface area contributed by atoms with Crippen molar-refractivity contribution in [2.45, 2.75) is 44.7 Å². The molecule has 1 fully saturated rings. The average molecular weight is 325 g/mol. The van der Waals surface area contributed by atoms with E-state index in [4.69, 9.17) is 0 Å². The van der Waals surface area contributed by atoms with E-state index in [0.29, 0.717) is 19.4 Å². The topological polar surface area (TPSA) is 70.2 Å². The summed E-state index contributed by atoms with van der Waals surface area (Å²) in [7, 11) is 0. The standard InChI is InChI=1S/C16H21F2N3O2/c1-2-13(11-9-10(17)6-7-12(11)18)20-16(23)21-14-5-3-4-8-19-15(14)22/h6-7,9,13-14H,2-5,8H2,1H3,(H,19,22)(H2,20,21,23). The monoisotopic (exact) mass is 325 g/mol. The highest BCUT2D eigenvalue weighted by Crippen LogP contribution is 2.21. The lowest BCUT2D eigenvalue weighted by Gasteiger charge is -2.21. The maximum atomic E-state index is 13.8. The molecular weight excluding hydrogens is 304 g/mol. The molecule has 7 heteroatoms. The zero-order chi connectivity index (χ0) is 16.8. The highest BCUT2D eigenvalue weighted by atomic mass is 19.1. The first-order valence-electron chi connectivity index (χ1n) is 7.81. The number of carbonyl (C=O) groups is 2. The molecule has 2 rings (SSSR count). The Labute approximate surface area is 133 Å². The van der Waals surface area contributed by atoms with Crippen LogP contribution in [0.4, 0.5) is 13.6 Å². The second-order valence-corrected chi connectivity index (χ2v) is 5.58. The van der Waals surface area contributed by atoms with Crippen molar-refractivity contribution in [1.82, 2.24) is 16.0 Å². The summed E-state index contributed by atoms with van der Waals surface area (Å²) in [6, 6.07) is 1.30. The van der Waals surface area contributed by atoms with Gasteiger partial charge in [-0.3, -0.25) is 4.79 Å². The van der Waals surface area contributed by atoms with Crippen molar-refractivity contribution in [3.05, 3.63) is 35.4 Å². The van der Waals surface area contributed by atoms with E-state index in [0.717, 1.165) is 31.0 Å². The minimum Gasteiger partial charge on any atom is -0.354 e. The fourth-order valence-corrected chi connectivity index (χ4v) is 2.62. The summed E-state index contributed by atoms with van der Waals surface area (Å²) in [5, 5.41) is 7.93. The molecule has 0 aromatic heterocycles. The van der Waals surface area contributed by atoms with Gasteiger partial charge in [-0.2, -0.15) is 0 Å². The van der Waals surface area contributed by atoms with Crippen LogP contribution in [0, 0.1) is 11.6 Å². The van der Waals surface area contributed by atoms with Crippen LogP contribution in [0.25, 0.3) is 0 Å². The van der Waals surface area contributed by atoms with Crippen LogP contribution in [0.5, 0.6) is 0 Å². The Morgan fingerprint density at radius 3 is 2.91 bits per heavy atom. The molecule has 2 atom stereocenters. The number of rotatable bonds is 4. The van der Waals surface area contributed by atoms with E-state index in [1.807, 2.05) is 0 Å². The van der Waals surface area contributed by atoms with Crippen molar-refractivity contribution < 1.29 is 18.4 Å². The second-order valence-electron chi connectivity index (χ2n) is 5.58. The third kappa shape index (κ3) is 4.64. The maximum Gasteiger partial charge on any atom is 0.315 e. The van der Waals surface area contributed by atoms with Crippen molar-refractivity contribution in [2.24, 2.45) is 0 Å². The molecule has 1 heterocycles. The molecule has 1 saturated heterocycles. The molecule has 0 radical (unpaired) electrons. The highest BCUT2D eigenvalue weighted by molar-refractivity contribution is 5.87. The number of amides is 3. The predicted molar refractivity (Wildman–Crippen MR) is 81.7 cm³/mol. The summed E-state index contributed by atoms with van der Waals surface area (Å²) in [4.78, 5) is 23.9. The van der Waals surface area contributed by atoms with E-state index in [1.165, 1.54) is 0 Å². The minimum absolute atomic E-state index is 0.0907. The normalized spacial score (nSPS) is 19.4. The molecule has 1 aromatic rings. The van der Waals surface area contributed by atoms with Gasteiger partial charge in [-0.25, -0.2) is 13.6 Å². The zero-order valence-corrected chi connectivity index (χ0v) is 13.0. The van der Waals surface area contributed by atoms with Gasteiger partial charge in [0.1, 0.15) is 17.7 Å². The van der Waals surface area contributed by atoms with Crippen molar-refractivity contribution >= 4 is 11.9 Å². The van der Waals surface area contributed by atoms with Crippen LogP contribution in [0.15, 0.2) is 18.2 Å². The van der Waals surface area contributed by atoms with Gasteiger partial charge in [0.25, 0.3) is 0 Å². The molecule has 0 bridgehead atoms. The molecule has 0 aliphatic carbocycles. The number of nitrogens with one attached hydrogen (secondary N) is 3. The van der Waals surface area contributed by atoms with Crippen LogP contribution in [0.3, 0.4) is 0 Å². The lowest BCUT2D eigenvalue weighted by atomic mass is 10.0. The minimum atomic E-state index is -0.667. The van der Waals surface area contributed by atoms with Gasteiger partial charge in [-0.05, 0) is 43.9 Å². The first-order chi connectivity index (χ1) is 11.0. The SMILES string of the molecule is CCC(NC(=O)NC1CCCCNC1=O)c1cc(F)ccc1F. The number of halogens is 2. The van der Waals surface area contributed by atoms with Crippen molar-refractivity contribution in [1.29, 1.82) is 0 Å².